The van der Waals surface area contributed by atoms with E-state index in [9.17, 15) is 9.90 Å². The molecule has 0 heterocycles. The predicted molar refractivity (Wildman–Crippen MR) is 99.7 cm³/mol. The number of benzene rings is 1. The summed E-state index contributed by atoms with van der Waals surface area (Å²) in [5.41, 5.74) is 2.79. The van der Waals surface area contributed by atoms with Crippen LogP contribution in [0, 0.1) is 0 Å². The molecule has 0 saturated heterocycles. The van der Waals surface area contributed by atoms with E-state index in [-0.39, 0.29) is 16.8 Å². The van der Waals surface area contributed by atoms with E-state index in [0.717, 1.165) is 24.0 Å². The molecular weight excluding hydrogens is 300 g/mol. The van der Waals surface area contributed by atoms with Crippen molar-refractivity contribution in [3.63, 3.8) is 0 Å². The Kier molecular flexibility index (Phi) is 6.88. The molecule has 24 heavy (non-hydrogen) atoms. The molecule has 0 aliphatic carbocycles. The molecule has 136 valence electrons. The van der Waals surface area contributed by atoms with Gasteiger partial charge in [-0.15, -0.1) is 0 Å². The average Bonchev–Trinajstić information content (AvgIpc) is 2.44. The molecule has 0 amide bonds. The maximum atomic E-state index is 11.9. The summed E-state index contributed by atoms with van der Waals surface area (Å²) < 4.78 is 5.22. The molecule has 1 N–H and O–H groups in total. The van der Waals surface area contributed by atoms with Crippen LogP contribution < -0.4 is 0 Å². The fraction of sp³-hybridized carbons (Fsp3) is 0.667. The standard InChI is InChI=1S/C21H34O3/c1-8-9-12-24-18(22)11-10-15-13-16(20(2,3)4)14-17(19(15)23)21(5,6)7/h13-14,23H,8-12H2,1-7H3. The summed E-state index contributed by atoms with van der Waals surface area (Å²) in [6.45, 7) is 15.3. The zero-order valence-corrected chi connectivity index (χ0v) is 16.5. The number of aromatic hydroxyl groups is 1. The van der Waals surface area contributed by atoms with Crippen molar-refractivity contribution >= 4 is 5.97 Å². The third kappa shape index (κ3) is 5.85. The average molecular weight is 335 g/mol. The number of phenolic OH excluding ortho intramolecular Hbond substituents is 1. The van der Waals surface area contributed by atoms with Crippen LogP contribution in [-0.4, -0.2) is 17.7 Å². The molecule has 1 rings (SSSR count). The van der Waals surface area contributed by atoms with Crippen molar-refractivity contribution in [3.8, 4) is 5.75 Å². The maximum absolute atomic E-state index is 11.9. The second-order valence-electron chi connectivity index (χ2n) is 8.61. The van der Waals surface area contributed by atoms with Crippen molar-refractivity contribution in [3.05, 3.63) is 28.8 Å². The van der Waals surface area contributed by atoms with Crippen molar-refractivity contribution in [2.24, 2.45) is 0 Å². The lowest BCUT2D eigenvalue weighted by Gasteiger charge is -2.27. The largest absolute Gasteiger partial charge is 0.507 e. The fourth-order valence-electron chi connectivity index (χ4n) is 2.53. The molecule has 0 aliphatic heterocycles. The van der Waals surface area contributed by atoms with E-state index in [4.69, 9.17) is 4.74 Å². The molecule has 1 aromatic rings. The Hall–Kier alpha value is -1.51. The van der Waals surface area contributed by atoms with E-state index in [2.05, 4.69) is 54.5 Å². The number of aryl methyl sites for hydroxylation is 1. The number of hydrogen-bond donors (Lipinski definition) is 1. The smallest absolute Gasteiger partial charge is 0.306 e. The van der Waals surface area contributed by atoms with E-state index >= 15 is 0 Å². The second-order valence-corrected chi connectivity index (χ2v) is 8.61. The van der Waals surface area contributed by atoms with Crippen LogP contribution in [0.3, 0.4) is 0 Å². The summed E-state index contributed by atoms with van der Waals surface area (Å²) in [5.74, 6) is 0.123. The van der Waals surface area contributed by atoms with Crippen LogP contribution >= 0.6 is 0 Å². The molecule has 3 nitrogen and oxygen atoms in total. The highest BCUT2D eigenvalue weighted by Gasteiger charge is 2.25. The second kappa shape index (κ2) is 8.04. The van der Waals surface area contributed by atoms with Gasteiger partial charge in [0, 0.05) is 6.42 Å². The molecule has 0 unspecified atom stereocenters. The minimum absolute atomic E-state index is 0.00984. The van der Waals surface area contributed by atoms with Crippen LogP contribution in [0.4, 0.5) is 0 Å². The third-order valence-electron chi connectivity index (χ3n) is 4.22. The zero-order valence-electron chi connectivity index (χ0n) is 16.5. The predicted octanol–water partition coefficient (Wildman–Crippen LogP) is 5.26. The van der Waals surface area contributed by atoms with Crippen molar-refractivity contribution in [2.45, 2.75) is 85.0 Å². The molecule has 1 aromatic carbocycles. The maximum Gasteiger partial charge on any atom is 0.306 e. The number of ether oxygens (including phenoxy) is 1. The number of unbranched alkanes of at least 4 members (excludes halogenated alkanes) is 1. The Morgan fingerprint density at radius 1 is 1.08 bits per heavy atom. The minimum atomic E-state index is -0.193. The van der Waals surface area contributed by atoms with Gasteiger partial charge in [0.25, 0.3) is 0 Å². The third-order valence-corrected chi connectivity index (χ3v) is 4.22. The highest BCUT2D eigenvalue weighted by atomic mass is 16.5. The molecule has 0 radical (unpaired) electrons. The molecule has 0 aromatic heterocycles. The van der Waals surface area contributed by atoms with Gasteiger partial charge >= 0.3 is 5.97 Å². The number of carbonyl (C=O) groups excluding carboxylic acids is 1. The molecule has 0 saturated carbocycles. The lowest BCUT2D eigenvalue weighted by atomic mass is 9.78. The van der Waals surface area contributed by atoms with Crippen LogP contribution in [0.5, 0.6) is 5.75 Å². The van der Waals surface area contributed by atoms with Crippen LogP contribution in [-0.2, 0) is 26.8 Å². The van der Waals surface area contributed by atoms with Crippen LogP contribution in [0.1, 0.15) is 84.4 Å². The Balaban J connectivity index is 3.03. The summed E-state index contributed by atoms with van der Waals surface area (Å²) in [4.78, 5) is 11.9. The highest BCUT2D eigenvalue weighted by molar-refractivity contribution is 5.70. The highest BCUT2D eigenvalue weighted by Crippen LogP contribution is 2.38. The van der Waals surface area contributed by atoms with Gasteiger partial charge in [-0.3, -0.25) is 4.79 Å². The van der Waals surface area contributed by atoms with Gasteiger partial charge in [-0.2, -0.15) is 0 Å². The van der Waals surface area contributed by atoms with Crippen molar-refractivity contribution in [2.75, 3.05) is 6.61 Å². The molecule has 3 heteroatoms. The summed E-state index contributed by atoms with van der Waals surface area (Å²) >= 11 is 0. The van der Waals surface area contributed by atoms with E-state index in [1.54, 1.807) is 0 Å². The number of carbonyl (C=O) groups is 1. The summed E-state index contributed by atoms with van der Waals surface area (Å²) in [5, 5.41) is 10.7. The van der Waals surface area contributed by atoms with Crippen LogP contribution in [0.2, 0.25) is 0 Å². The first-order valence-electron chi connectivity index (χ1n) is 8.99. The number of esters is 1. The van der Waals surface area contributed by atoms with Gasteiger partial charge in [-0.05, 0) is 40.4 Å². The molecular formula is C21H34O3. The Morgan fingerprint density at radius 2 is 1.71 bits per heavy atom. The summed E-state index contributed by atoms with van der Waals surface area (Å²) in [6.07, 6.45) is 2.71. The lowest BCUT2D eigenvalue weighted by Crippen LogP contribution is -2.18. The first-order valence-corrected chi connectivity index (χ1v) is 8.99. The number of phenols is 1. The van der Waals surface area contributed by atoms with Gasteiger partial charge in [-0.25, -0.2) is 0 Å². The van der Waals surface area contributed by atoms with E-state index in [1.165, 1.54) is 5.56 Å². The van der Waals surface area contributed by atoms with E-state index in [1.807, 2.05) is 6.07 Å². The van der Waals surface area contributed by atoms with Crippen LogP contribution in [0.15, 0.2) is 12.1 Å². The van der Waals surface area contributed by atoms with Crippen molar-refractivity contribution < 1.29 is 14.6 Å². The number of hydrogen-bond acceptors (Lipinski definition) is 3. The monoisotopic (exact) mass is 334 g/mol. The summed E-state index contributed by atoms with van der Waals surface area (Å²) in [7, 11) is 0. The van der Waals surface area contributed by atoms with Crippen molar-refractivity contribution in [1.29, 1.82) is 0 Å². The quantitative estimate of drug-likeness (QED) is 0.570. The molecule has 0 fully saturated rings. The topological polar surface area (TPSA) is 46.5 Å². The van der Waals surface area contributed by atoms with Gasteiger partial charge in [0.2, 0.25) is 0 Å². The van der Waals surface area contributed by atoms with Gasteiger partial charge in [0.05, 0.1) is 6.61 Å². The van der Waals surface area contributed by atoms with Crippen LogP contribution in [0.25, 0.3) is 0 Å². The SMILES string of the molecule is CCCCOC(=O)CCc1cc(C(C)(C)C)cc(C(C)(C)C)c1O. The van der Waals surface area contributed by atoms with E-state index in [0.29, 0.717) is 25.2 Å². The lowest BCUT2D eigenvalue weighted by molar-refractivity contribution is -0.143. The first-order chi connectivity index (χ1) is 11.0. The zero-order chi connectivity index (χ0) is 18.5. The Labute approximate surface area is 147 Å². The Morgan fingerprint density at radius 3 is 2.21 bits per heavy atom. The number of rotatable bonds is 6. The normalized spacial score (nSPS) is 12.3. The summed E-state index contributed by atoms with van der Waals surface area (Å²) in [6, 6.07) is 4.13. The van der Waals surface area contributed by atoms with Gasteiger partial charge in [0.15, 0.2) is 0 Å². The molecule has 0 bridgehead atoms. The molecule has 0 atom stereocenters. The molecule has 0 spiro atoms. The van der Waals surface area contributed by atoms with Gasteiger partial charge in [0.1, 0.15) is 5.75 Å². The minimum Gasteiger partial charge on any atom is -0.507 e. The Bertz CT molecular complexity index is 560. The fourth-order valence-corrected chi connectivity index (χ4v) is 2.53. The van der Waals surface area contributed by atoms with Gasteiger partial charge in [-0.1, -0.05) is 67.0 Å². The first kappa shape index (κ1) is 20.5. The van der Waals surface area contributed by atoms with E-state index < -0.39 is 0 Å². The van der Waals surface area contributed by atoms with Crippen molar-refractivity contribution in [1.82, 2.24) is 0 Å². The van der Waals surface area contributed by atoms with Gasteiger partial charge < -0.3 is 9.84 Å². The molecule has 0 aliphatic rings.